The van der Waals surface area contributed by atoms with Crippen molar-refractivity contribution in [3.05, 3.63) is 70.6 Å². The Morgan fingerprint density at radius 1 is 1.11 bits per heavy atom. The third kappa shape index (κ3) is 2.91. The number of aromatic amines is 1. The third-order valence-corrected chi connectivity index (χ3v) is 5.77. The molecule has 5 rings (SSSR count). The second-order valence-corrected chi connectivity index (χ2v) is 7.52. The summed E-state index contributed by atoms with van der Waals surface area (Å²) in [4.78, 5) is 31.9. The minimum absolute atomic E-state index is 0.107. The summed E-state index contributed by atoms with van der Waals surface area (Å²) in [7, 11) is 0. The molecule has 1 fully saturated rings. The Hall–Kier alpha value is -3.28. The van der Waals surface area contributed by atoms with Crippen LogP contribution in [0.1, 0.15) is 12.0 Å². The molecule has 28 heavy (non-hydrogen) atoms. The minimum atomic E-state index is -0.150. The number of rotatable bonds is 1. The summed E-state index contributed by atoms with van der Waals surface area (Å²) in [6, 6.07) is 16.0. The number of amides is 2. The summed E-state index contributed by atoms with van der Waals surface area (Å²) < 4.78 is 0. The molecule has 0 saturated carbocycles. The summed E-state index contributed by atoms with van der Waals surface area (Å²) in [5, 5.41) is 4.41. The fraction of sp³-hybridized carbons (Fsp3) is 0.273. The number of hydrogen-bond acceptors (Lipinski definition) is 3. The Kier molecular flexibility index (Phi) is 4.04. The van der Waals surface area contributed by atoms with Crippen molar-refractivity contribution in [3.63, 3.8) is 0 Å². The molecule has 1 unspecified atom stereocenters. The largest absolute Gasteiger partial charge is 0.366 e. The van der Waals surface area contributed by atoms with Gasteiger partial charge < -0.3 is 20.1 Å². The van der Waals surface area contributed by atoms with Gasteiger partial charge in [0, 0.05) is 42.6 Å². The highest BCUT2D eigenvalue weighted by Gasteiger charge is 2.33. The van der Waals surface area contributed by atoms with Gasteiger partial charge in [-0.25, -0.2) is 4.79 Å². The lowest BCUT2D eigenvalue weighted by Gasteiger charge is -2.27. The number of para-hydroxylation sites is 1. The number of hydrogen-bond donors (Lipinski definition) is 2. The number of urea groups is 1. The van der Waals surface area contributed by atoms with Crippen LogP contribution in [0.25, 0.3) is 10.8 Å². The van der Waals surface area contributed by atoms with Crippen LogP contribution in [0.15, 0.2) is 59.5 Å². The lowest BCUT2D eigenvalue weighted by molar-refractivity contribution is 0.211. The van der Waals surface area contributed by atoms with E-state index >= 15 is 0 Å². The molecule has 142 valence electrons. The first-order valence-electron chi connectivity index (χ1n) is 9.71. The fourth-order valence-corrected chi connectivity index (χ4v) is 4.42. The van der Waals surface area contributed by atoms with Crippen LogP contribution in [0.2, 0.25) is 0 Å². The van der Waals surface area contributed by atoms with Crippen LogP contribution in [-0.4, -0.2) is 41.6 Å². The van der Waals surface area contributed by atoms with E-state index in [1.54, 1.807) is 12.3 Å². The number of fused-ring (bicyclic) bond motifs is 4. The van der Waals surface area contributed by atoms with Crippen molar-refractivity contribution < 1.29 is 4.79 Å². The van der Waals surface area contributed by atoms with E-state index < -0.39 is 0 Å². The molecule has 0 spiro atoms. The number of pyridine rings is 1. The maximum absolute atomic E-state index is 12.9. The lowest BCUT2D eigenvalue weighted by Crippen LogP contribution is -2.43. The van der Waals surface area contributed by atoms with Crippen LogP contribution >= 0.6 is 0 Å². The summed E-state index contributed by atoms with van der Waals surface area (Å²) in [5.41, 5.74) is 3.17. The molecule has 6 nitrogen and oxygen atoms in total. The number of anilines is 2. The average Bonchev–Trinajstić information content (AvgIpc) is 2.91. The fourth-order valence-electron chi connectivity index (χ4n) is 4.42. The van der Waals surface area contributed by atoms with Crippen molar-refractivity contribution in [2.45, 2.75) is 18.9 Å². The second kappa shape index (κ2) is 6.71. The minimum Gasteiger partial charge on any atom is -0.366 e. The van der Waals surface area contributed by atoms with Crippen LogP contribution in [0.4, 0.5) is 16.2 Å². The predicted molar refractivity (Wildman–Crippen MR) is 111 cm³/mol. The van der Waals surface area contributed by atoms with Gasteiger partial charge in [0.2, 0.25) is 0 Å². The Morgan fingerprint density at radius 2 is 2.00 bits per heavy atom. The maximum atomic E-state index is 12.9. The number of H-pyrrole nitrogens is 1. The van der Waals surface area contributed by atoms with E-state index in [4.69, 9.17) is 0 Å². The van der Waals surface area contributed by atoms with Gasteiger partial charge in [0.1, 0.15) is 0 Å². The van der Waals surface area contributed by atoms with Gasteiger partial charge in [-0.1, -0.05) is 24.3 Å². The van der Waals surface area contributed by atoms with Crippen molar-refractivity contribution in [3.8, 4) is 0 Å². The molecule has 2 aliphatic heterocycles. The average molecular weight is 374 g/mol. The van der Waals surface area contributed by atoms with Gasteiger partial charge >= 0.3 is 6.03 Å². The third-order valence-electron chi connectivity index (χ3n) is 5.77. The maximum Gasteiger partial charge on any atom is 0.321 e. The van der Waals surface area contributed by atoms with Crippen molar-refractivity contribution in [1.29, 1.82) is 0 Å². The number of carbonyl (C=O) groups excluding carboxylic acids is 1. The summed E-state index contributed by atoms with van der Waals surface area (Å²) in [6.07, 6.45) is 3.55. The Labute approximate surface area is 162 Å². The monoisotopic (exact) mass is 374 g/mol. The zero-order chi connectivity index (χ0) is 19.1. The number of carbonyl (C=O) groups is 1. The Bertz CT molecular complexity index is 1110. The predicted octanol–water partition coefficient (Wildman–Crippen LogP) is 3.20. The molecule has 2 N–H and O–H groups in total. The smallest absolute Gasteiger partial charge is 0.321 e. The molecule has 6 heteroatoms. The van der Waals surface area contributed by atoms with E-state index in [9.17, 15) is 9.59 Å². The molecular formula is C22H22N4O2. The Balaban J connectivity index is 1.34. The molecule has 1 aromatic heterocycles. The first kappa shape index (κ1) is 16.9. The molecule has 0 radical (unpaired) electrons. The van der Waals surface area contributed by atoms with Crippen LogP contribution in [-0.2, 0) is 6.42 Å². The van der Waals surface area contributed by atoms with Gasteiger partial charge in [-0.15, -0.1) is 0 Å². The molecule has 2 aliphatic rings. The molecule has 1 atom stereocenters. The number of benzene rings is 2. The van der Waals surface area contributed by atoms with E-state index in [2.05, 4.69) is 39.5 Å². The molecular weight excluding hydrogens is 352 g/mol. The normalized spacial score (nSPS) is 18.5. The lowest BCUT2D eigenvalue weighted by atomic mass is 10.1. The van der Waals surface area contributed by atoms with Gasteiger partial charge in [0.05, 0.1) is 6.04 Å². The summed E-state index contributed by atoms with van der Waals surface area (Å²) in [6.45, 7) is 2.40. The molecule has 3 aromatic rings. The van der Waals surface area contributed by atoms with E-state index in [-0.39, 0.29) is 11.6 Å². The van der Waals surface area contributed by atoms with Gasteiger partial charge in [0.15, 0.2) is 0 Å². The van der Waals surface area contributed by atoms with Crippen LogP contribution in [0.5, 0.6) is 0 Å². The summed E-state index contributed by atoms with van der Waals surface area (Å²) in [5.74, 6) is 0. The van der Waals surface area contributed by atoms with Crippen LogP contribution < -0.4 is 15.8 Å². The van der Waals surface area contributed by atoms with Gasteiger partial charge in [0.25, 0.3) is 5.56 Å². The molecule has 1 saturated heterocycles. The quantitative estimate of drug-likeness (QED) is 0.687. The van der Waals surface area contributed by atoms with E-state index in [0.29, 0.717) is 23.7 Å². The number of nitrogens with one attached hydrogen (secondary N) is 2. The van der Waals surface area contributed by atoms with Crippen molar-refractivity contribution >= 4 is 28.2 Å². The summed E-state index contributed by atoms with van der Waals surface area (Å²) >= 11 is 0. The second-order valence-electron chi connectivity index (χ2n) is 7.52. The number of nitrogens with zero attached hydrogens (tertiary/aromatic N) is 2. The SMILES string of the molecule is O=C(Nc1ccc2cc[nH]c(=O)c2c1)N1CCCN2c3ccccc3CC2C1. The zero-order valence-corrected chi connectivity index (χ0v) is 15.5. The van der Waals surface area contributed by atoms with E-state index in [1.807, 2.05) is 23.1 Å². The van der Waals surface area contributed by atoms with Crippen LogP contribution in [0, 0.1) is 0 Å². The van der Waals surface area contributed by atoms with Gasteiger partial charge in [-0.3, -0.25) is 4.79 Å². The van der Waals surface area contributed by atoms with E-state index in [0.717, 1.165) is 31.3 Å². The van der Waals surface area contributed by atoms with E-state index in [1.165, 1.54) is 11.3 Å². The van der Waals surface area contributed by atoms with Crippen molar-refractivity contribution in [1.82, 2.24) is 9.88 Å². The zero-order valence-electron chi connectivity index (χ0n) is 15.5. The van der Waals surface area contributed by atoms with Crippen molar-refractivity contribution in [2.75, 3.05) is 29.9 Å². The number of aromatic nitrogens is 1. The topological polar surface area (TPSA) is 68.4 Å². The first-order valence-corrected chi connectivity index (χ1v) is 9.71. The molecule has 2 aromatic carbocycles. The highest BCUT2D eigenvalue weighted by atomic mass is 16.2. The van der Waals surface area contributed by atoms with Gasteiger partial charge in [-0.05, 0) is 48.1 Å². The van der Waals surface area contributed by atoms with Gasteiger partial charge in [-0.2, -0.15) is 0 Å². The molecule has 3 heterocycles. The van der Waals surface area contributed by atoms with Crippen molar-refractivity contribution in [2.24, 2.45) is 0 Å². The molecule has 2 amide bonds. The molecule has 0 aliphatic carbocycles. The highest BCUT2D eigenvalue weighted by Crippen LogP contribution is 2.33. The van der Waals surface area contributed by atoms with Crippen LogP contribution in [0.3, 0.4) is 0 Å². The first-order chi connectivity index (χ1) is 13.7. The molecule has 0 bridgehead atoms. The Morgan fingerprint density at radius 3 is 2.93 bits per heavy atom. The standard InChI is InChI=1S/C22H22N4O2/c27-21-19-13-17(7-6-15(19)8-9-23-21)24-22(28)25-10-3-11-26-18(14-25)12-16-4-1-2-5-20(16)26/h1-2,4-9,13,18H,3,10-12,14H2,(H,23,27)(H,24,28). The highest BCUT2D eigenvalue weighted by molar-refractivity contribution is 5.93.